The van der Waals surface area contributed by atoms with Crippen LogP contribution in [0.15, 0.2) is 23.1 Å². The van der Waals surface area contributed by atoms with E-state index in [9.17, 15) is 4.79 Å². The van der Waals surface area contributed by atoms with Crippen molar-refractivity contribution in [2.75, 3.05) is 32.1 Å². The number of hydrogen-bond acceptors (Lipinski definition) is 5. The minimum atomic E-state index is 0.208. The third-order valence-electron chi connectivity index (χ3n) is 4.87. The van der Waals surface area contributed by atoms with E-state index in [2.05, 4.69) is 6.92 Å². The first-order valence-electron chi connectivity index (χ1n) is 9.19. The summed E-state index contributed by atoms with van der Waals surface area (Å²) >= 11 is 1.69. The Balaban J connectivity index is 1.50. The SMILES string of the molecule is CC1CCN(C(=O)CCSc2ccc3c(c2)OCCCO3)C(CN)C1. The van der Waals surface area contributed by atoms with Crippen molar-refractivity contribution in [1.29, 1.82) is 0 Å². The van der Waals surface area contributed by atoms with Crippen molar-refractivity contribution in [2.45, 2.75) is 43.5 Å². The van der Waals surface area contributed by atoms with Gasteiger partial charge in [0.1, 0.15) is 0 Å². The number of thioether (sulfide) groups is 1. The molecule has 0 aromatic heterocycles. The smallest absolute Gasteiger partial charge is 0.223 e. The summed E-state index contributed by atoms with van der Waals surface area (Å²) in [7, 11) is 0. The summed E-state index contributed by atoms with van der Waals surface area (Å²) < 4.78 is 11.4. The van der Waals surface area contributed by atoms with Crippen LogP contribution in [0.1, 0.15) is 32.6 Å². The van der Waals surface area contributed by atoms with Gasteiger partial charge in [-0.15, -0.1) is 11.8 Å². The predicted octanol–water partition coefficient (Wildman–Crippen LogP) is 2.92. The number of carbonyl (C=O) groups is 1. The number of piperidine rings is 1. The van der Waals surface area contributed by atoms with Crippen molar-refractivity contribution in [3.8, 4) is 11.5 Å². The number of carbonyl (C=O) groups excluding carboxylic acids is 1. The molecule has 0 spiro atoms. The van der Waals surface area contributed by atoms with Gasteiger partial charge in [0.05, 0.1) is 13.2 Å². The second-order valence-corrected chi connectivity index (χ2v) is 8.03. The van der Waals surface area contributed by atoms with Crippen molar-refractivity contribution >= 4 is 17.7 Å². The summed E-state index contributed by atoms with van der Waals surface area (Å²) in [5.74, 6) is 3.27. The van der Waals surface area contributed by atoms with Gasteiger partial charge in [-0.1, -0.05) is 6.92 Å². The van der Waals surface area contributed by atoms with Crippen LogP contribution in [-0.2, 0) is 4.79 Å². The van der Waals surface area contributed by atoms with E-state index in [-0.39, 0.29) is 11.9 Å². The maximum Gasteiger partial charge on any atom is 0.223 e. The van der Waals surface area contributed by atoms with Crippen LogP contribution in [0, 0.1) is 5.92 Å². The summed E-state index contributed by atoms with van der Waals surface area (Å²) in [6.45, 7) is 5.03. The molecule has 3 rings (SSSR count). The number of ether oxygens (including phenoxy) is 2. The Morgan fingerprint density at radius 1 is 1.32 bits per heavy atom. The van der Waals surface area contributed by atoms with Gasteiger partial charge in [-0.25, -0.2) is 0 Å². The maximum atomic E-state index is 12.6. The fourth-order valence-electron chi connectivity index (χ4n) is 3.44. The first-order chi connectivity index (χ1) is 12.2. The molecular weight excluding hydrogens is 336 g/mol. The van der Waals surface area contributed by atoms with E-state index < -0.39 is 0 Å². The standard InChI is InChI=1S/C19H28N2O3S/c1-14-5-7-21(15(11-14)13-20)19(22)6-10-25-16-3-4-17-18(12-16)24-9-2-8-23-17/h3-4,12,14-15H,2,5-11,13,20H2,1H3. The molecular formula is C19H28N2O3S. The number of benzene rings is 1. The summed E-state index contributed by atoms with van der Waals surface area (Å²) in [6, 6.07) is 6.22. The van der Waals surface area contributed by atoms with Crippen molar-refractivity contribution < 1.29 is 14.3 Å². The van der Waals surface area contributed by atoms with Crippen LogP contribution in [0.2, 0.25) is 0 Å². The summed E-state index contributed by atoms with van der Waals surface area (Å²) in [5, 5.41) is 0. The van der Waals surface area contributed by atoms with Crippen LogP contribution in [0.5, 0.6) is 11.5 Å². The van der Waals surface area contributed by atoms with Gasteiger partial charge in [0.25, 0.3) is 0 Å². The number of fused-ring (bicyclic) bond motifs is 1. The van der Waals surface area contributed by atoms with Crippen molar-refractivity contribution in [2.24, 2.45) is 11.7 Å². The van der Waals surface area contributed by atoms with Gasteiger partial charge in [-0.3, -0.25) is 4.79 Å². The lowest BCUT2D eigenvalue weighted by atomic mass is 9.92. The van der Waals surface area contributed by atoms with E-state index in [0.717, 1.165) is 48.0 Å². The number of hydrogen-bond donors (Lipinski definition) is 1. The minimum Gasteiger partial charge on any atom is -0.490 e. The van der Waals surface area contributed by atoms with Crippen LogP contribution in [0.3, 0.4) is 0 Å². The average molecular weight is 365 g/mol. The quantitative estimate of drug-likeness (QED) is 0.814. The fraction of sp³-hybridized carbons (Fsp3) is 0.632. The van der Waals surface area contributed by atoms with Gasteiger partial charge in [0.15, 0.2) is 11.5 Å². The molecule has 0 saturated carbocycles. The molecule has 0 bridgehead atoms. The molecule has 1 amide bonds. The van der Waals surface area contributed by atoms with E-state index in [1.165, 1.54) is 0 Å². The van der Waals surface area contributed by atoms with Gasteiger partial charge >= 0.3 is 0 Å². The predicted molar refractivity (Wildman–Crippen MR) is 100 cm³/mol. The number of amides is 1. The largest absolute Gasteiger partial charge is 0.490 e. The molecule has 2 aliphatic rings. The molecule has 2 aliphatic heterocycles. The maximum absolute atomic E-state index is 12.6. The van der Waals surface area contributed by atoms with Gasteiger partial charge in [-0.2, -0.15) is 0 Å². The molecule has 1 fully saturated rings. The highest BCUT2D eigenvalue weighted by atomic mass is 32.2. The highest BCUT2D eigenvalue weighted by molar-refractivity contribution is 7.99. The van der Waals surface area contributed by atoms with E-state index in [0.29, 0.717) is 32.1 Å². The molecule has 138 valence electrons. The molecule has 2 unspecified atom stereocenters. The van der Waals surface area contributed by atoms with E-state index in [1.54, 1.807) is 11.8 Å². The van der Waals surface area contributed by atoms with Gasteiger partial charge < -0.3 is 20.1 Å². The zero-order chi connectivity index (χ0) is 17.6. The molecule has 5 nitrogen and oxygen atoms in total. The van der Waals surface area contributed by atoms with Gasteiger partial charge in [0.2, 0.25) is 5.91 Å². The molecule has 2 N–H and O–H groups in total. The van der Waals surface area contributed by atoms with Gasteiger partial charge in [-0.05, 0) is 37.0 Å². The van der Waals surface area contributed by atoms with Crippen molar-refractivity contribution in [1.82, 2.24) is 4.90 Å². The highest BCUT2D eigenvalue weighted by Crippen LogP contribution is 2.34. The average Bonchev–Trinajstić information content (AvgIpc) is 2.86. The van der Waals surface area contributed by atoms with E-state index in [1.807, 2.05) is 23.1 Å². The molecule has 6 heteroatoms. The Kier molecular flexibility index (Phi) is 6.48. The third-order valence-corrected chi connectivity index (χ3v) is 5.87. The second kappa shape index (κ2) is 8.81. The molecule has 0 radical (unpaired) electrons. The molecule has 1 aromatic rings. The van der Waals surface area contributed by atoms with E-state index >= 15 is 0 Å². The highest BCUT2D eigenvalue weighted by Gasteiger charge is 2.28. The molecule has 2 atom stereocenters. The number of nitrogens with zero attached hydrogens (tertiary/aromatic N) is 1. The molecule has 0 aliphatic carbocycles. The lowest BCUT2D eigenvalue weighted by Crippen LogP contribution is -2.49. The van der Waals surface area contributed by atoms with Gasteiger partial charge in [0, 0.05) is 42.6 Å². The minimum absolute atomic E-state index is 0.208. The number of nitrogens with two attached hydrogens (primary N) is 1. The zero-order valence-corrected chi connectivity index (χ0v) is 15.7. The molecule has 2 heterocycles. The zero-order valence-electron chi connectivity index (χ0n) is 14.9. The lowest BCUT2D eigenvalue weighted by molar-refractivity contribution is -0.134. The fourth-order valence-corrected chi connectivity index (χ4v) is 4.30. The molecule has 25 heavy (non-hydrogen) atoms. The first kappa shape index (κ1) is 18.4. The normalized spacial score (nSPS) is 23.2. The van der Waals surface area contributed by atoms with Crippen LogP contribution < -0.4 is 15.2 Å². The Labute approximate surface area is 154 Å². The Hall–Kier alpha value is -1.40. The van der Waals surface area contributed by atoms with Crippen molar-refractivity contribution in [3.05, 3.63) is 18.2 Å². The van der Waals surface area contributed by atoms with Crippen LogP contribution >= 0.6 is 11.8 Å². The summed E-state index contributed by atoms with van der Waals surface area (Å²) in [5.41, 5.74) is 5.87. The molecule has 1 aromatic carbocycles. The third kappa shape index (κ3) is 4.82. The number of rotatable bonds is 5. The molecule has 1 saturated heterocycles. The Morgan fingerprint density at radius 3 is 2.92 bits per heavy atom. The van der Waals surface area contributed by atoms with Crippen LogP contribution in [0.4, 0.5) is 0 Å². The van der Waals surface area contributed by atoms with Crippen LogP contribution in [-0.4, -0.2) is 48.9 Å². The Bertz CT molecular complexity index is 596. The van der Waals surface area contributed by atoms with E-state index in [4.69, 9.17) is 15.2 Å². The monoisotopic (exact) mass is 364 g/mol. The second-order valence-electron chi connectivity index (χ2n) is 6.86. The Morgan fingerprint density at radius 2 is 2.12 bits per heavy atom. The lowest BCUT2D eigenvalue weighted by Gasteiger charge is -2.38. The first-order valence-corrected chi connectivity index (χ1v) is 10.2. The van der Waals surface area contributed by atoms with Crippen molar-refractivity contribution in [3.63, 3.8) is 0 Å². The number of likely N-dealkylation sites (tertiary alicyclic amines) is 1. The van der Waals surface area contributed by atoms with Crippen LogP contribution in [0.25, 0.3) is 0 Å². The summed E-state index contributed by atoms with van der Waals surface area (Å²) in [4.78, 5) is 15.7. The topological polar surface area (TPSA) is 64.8 Å². The summed E-state index contributed by atoms with van der Waals surface area (Å²) in [6.07, 6.45) is 3.56.